The van der Waals surface area contributed by atoms with Crippen LogP contribution in [0.4, 0.5) is 15.9 Å². The van der Waals surface area contributed by atoms with E-state index >= 15 is 0 Å². The van der Waals surface area contributed by atoms with Crippen molar-refractivity contribution in [3.05, 3.63) is 86.3 Å². The lowest BCUT2D eigenvalue weighted by molar-refractivity contribution is -0.385. The molecule has 1 N–H and O–H groups in total. The van der Waals surface area contributed by atoms with Gasteiger partial charge < -0.3 is 9.47 Å². The Balaban J connectivity index is 1.69. The first-order valence-corrected chi connectivity index (χ1v) is 9.40. The Morgan fingerprint density at radius 1 is 1.30 bits per heavy atom. The molecule has 10 heteroatoms. The Morgan fingerprint density at radius 2 is 2.13 bits per heavy atom. The maximum Gasteiger partial charge on any atom is 0.287 e. The van der Waals surface area contributed by atoms with Crippen LogP contribution in [-0.4, -0.2) is 23.2 Å². The van der Waals surface area contributed by atoms with Gasteiger partial charge in [0.1, 0.15) is 24.4 Å². The Labute approximate surface area is 179 Å². The van der Waals surface area contributed by atoms with E-state index in [1.54, 1.807) is 24.3 Å². The predicted octanol–water partition coefficient (Wildman–Crippen LogP) is 4.93. The molecule has 0 aliphatic heterocycles. The summed E-state index contributed by atoms with van der Waals surface area (Å²) >= 11 is 3.45. The van der Waals surface area contributed by atoms with E-state index in [1.807, 2.05) is 0 Å². The molecule has 1 heterocycles. The zero-order chi connectivity index (χ0) is 21.5. The van der Waals surface area contributed by atoms with Gasteiger partial charge in [-0.3, -0.25) is 15.5 Å². The third-order valence-electron chi connectivity index (χ3n) is 3.88. The molecule has 154 valence electrons. The number of methoxy groups -OCH3 is 1. The molecule has 8 nitrogen and oxygen atoms in total. The van der Waals surface area contributed by atoms with E-state index in [0.717, 1.165) is 6.20 Å². The summed E-state index contributed by atoms with van der Waals surface area (Å²) in [5, 5.41) is 14.7. The van der Waals surface area contributed by atoms with Gasteiger partial charge in [0.15, 0.2) is 11.5 Å². The topological polar surface area (TPSA) is 98.9 Å². The second-order valence-electron chi connectivity index (χ2n) is 5.98. The van der Waals surface area contributed by atoms with Crippen molar-refractivity contribution in [3.63, 3.8) is 0 Å². The fraction of sp³-hybridized carbons (Fsp3) is 0.100. The molecule has 0 aliphatic carbocycles. The van der Waals surface area contributed by atoms with Gasteiger partial charge in [0, 0.05) is 6.07 Å². The average Bonchev–Trinajstić information content (AvgIpc) is 2.73. The second kappa shape index (κ2) is 9.79. The van der Waals surface area contributed by atoms with Crippen molar-refractivity contribution in [2.75, 3.05) is 12.5 Å². The normalized spacial score (nSPS) is 10.8. The molecule has 0 fully saturated rings. The summed E-state index contributed by atoms with van der Waals surface area (Å²) in [5.41, 5.74) is 3.98. The van der Waals surface area contributed by atoms with Gasteiger partial charge >= 0.3 is 0 Å². The summed E-state index contributed by atoms with van der Waals surface area (Å²) in [7, 11) is 1.51. The van der Waals surface area contributed by atoms with Gasteiger partial charge in [0.05, 0.1) is 22.7 Å². The SMILES string of the molecule is COc1cc(/C=N/Nc2ccc([N+](=O)[O-])cn2)cc(Br)c1OCc1cccc(F)c1. The summed E-state index contributed by atoms with van der Waals surface area (Å²) in [4.78, 5) is 14.0. The van der Waals surface area contributed by atoms with Crippen molar-refractivity contribution in [2.45, 2.75) is 6.61 Å². The fourth-order valence-electron chi connectivity index (χ4n) is 2.47. The summed E-state index contributed by atoms with van der Waals surface area (Å²) < 4.78 is 25.1. The lowest BCUT2D eigenvalue weighted by atomic mass is 10.2. The van der Waals surface area contributed by atoms with Crippen LogP contribution in [0.3, 0.4) is 0 Å². The maximum absolute atomic E-state index is 13.3. The standard InChI is InChI=1S/C20H16BrFN4O4/c1-29-18-9-14(10-24-25-19-6-5-16(11-23-19)26(27)28)8-17(21)20(18)30-12-13-3-2-4-15(22)7-13/h2-11H,12H2,1H3,(H,23,25)/b24-10+. The number of aromatic nitrogens is 1. The van der Waals surface area contributed by atoms with Gasteiger partial charge in [0.2, 0.25) is 0 Å². The molecule has 0 saturated carbocycles. The predicted molar refractivity (Wildman–Crippen MR) is 114 cm³/mol. The number of nitrogens with one attached hydrogen (secondary N) is 1. The van der Waals surface area contributed by atoms with Crippen LogP contribution in [0.2, 0.25) is 0 Å². The lowest BCUT2D eigenvalue weighted by Gasteiger charge is -2.13. The van der Waals surface area contributed by atoms with Crippen LogP contribution in [0.15, 0.2) is 64.3 Å². The quantitative estimate of drug-likeness (QED) is 0.282. The number of nitro groups is 1. The van der Waals surface area contributed by atoms with Crippen LogP contribution in [0.1, 0.15) is 11.1 Å². The number of halogens is 2. The highest BCUT2D eigenvalue weighted by atomic mass is 79.9. The number of hydrogen-bond acceptors (Lipinski definition) is 7. The average molecular weight is 475 g/mol. The third kappa shape index (κ3) is 5.51. The molecule has 1 aromatic heterocycles. The van der Waals surface area contributed by atoms with Crippen LogP contribution in [-0.2, 0) is 6.61 Å². The van der Waals surface area contributed by atoms with Gasteiger partial charge in [0.25, 0.3) is 5.69 Å². The molecular weight excluding hydrogens is 459 g/mol. The number of nitrogens with zero attached hydrogens (tertiary/aromatic N) is 3. The number of ether oxygens (including phenoxy) is 2. The Hall–Kier alpha value is -3.53. The number of hydrazone groups is 1. The molecule has 0 aliphatic rings. The molecule has 0 saturated heterocycles. The van der Waals surface area contributed by atoms with Crippen molar-refractivity contribution in [2.24, 2.45) is 5.10 Å². The van der Waals surface area contributed by atoms with Crippen molar-refractivity contribution in [3.8, 4) is 11.5 Å². The minimum absolute atomic E-state index is 0.105. The lowest BCUT2D eigenvalue weighted by Crippen LogP contribution is -2.00. The van der Waals surface area contributed by atoms with E-state index in [9.17, 15) is 14.5 Å². The highest BCUT2D eigenvalue weighted by molar-refractivity contribution is 9.10. The number of pyridine rings is 1. The van der Waals surface area contributed by atoms with Crippen LogP contribution >= 0.6 is 15.9 Å². The molecular formula is C20H16BrFN4O4. The maximum atomic E-state index is 13.3. The first-order valence-electron chi connectivity index (χ1n) is 8.60. The Morgan fingerprint density at radius 3 is 2.80 bits per heavy atom. The Kier molecular flexibility index (Phi) is 6.91. The van der Waals surface area contributed by atoms with E-state index in [1.165, 1.54) is 37.6 Å². The van der Waals surface area contributed by atoms with E-state index in [0.29, 0.717) is 32.9 Å². The number of benzene rings is 2. The number of hydrogen-bond donors (Lipinski definition) is 1. The molecule has 3 rings (SSSR count). The van der Waals surface area contributed by atoms with Gasteiger partial charge in [-0.15, -0.1) is 0 Å². The molecule has 0 atom stereocenters. The molecule has 2 aromatic carbocycles. The molecule has 0 unspecified atom stereocenters. The minimum Gasteiger partial charge on any atom is -0.493 e. The molecule has 3 aromatic rings. The van der Waals surface area contributed by atoms with E-state index < -0.39 is 4.92 Å². The van der Waals surface area contributed by atoms with Gasteiger partial charge in [-0.25, -0.2) is 9.37 Å². The number of anilines is 1. The smallest absolute Gasteiger partial charge is 0.287 e. The highest BCUT2D eigenvalue weighted by Gasteiger charge is 2.12. The molecule has 0 amide bonds. The van der Waals surface area contributed by atoms with E-state index in [2.05, 4.69) is 31.4 Å². The van der Waals surface area contributed by atoms with Crippen LogP contribution < -0.4 is 14.9 Å². The van der Waals surface area contributed by atoms with Crippen molar-refractivity contribution in [1.82, 2.24) is 4.98 Å². The van der Waals surface area contributed by atoms with Crippen molar-refractivity contribution >= 4 is 33.6 Å². The first-order chi connectivity index (χ1) is 14.5. The Bertz CT molecular complexity index is 1080. The minimum atomic E-state index is -0.526. The fourth-order valence-corrected chi connectivity index (χ4v) is 3.04. The molecule has 0 spiro atoms. The summed E-state index contributed by atoms with van der Waals surface area (Å²) in [6.07, 6.45) is 2.68. The van der Waals surface area contributed by atoms with Crippen LogP contribution in [0, 0.1) is 15.9 Å². The zero-order valence-corrected chi connectivity index (χ0v) is 17.3. The summed E-state index contributed by atoms with van der Waals surface area (Å²) in [6, 6.07) is 12.4. The third-order valence-corrected chi connectivity index (χ3v) is 4.46. The van der Waals surface area contributed by atoms with Gasteiger partial charge in [-0.2, -0.15) is 5.10 Å². The van der Waals surface area contributed by atoms with Crippen LogP contribution in [0.5, 0.6) is 11.5 Å². The zero-order valence-electron chi connectivity index (χ0n) is 15.7. The molecule has 30 heavy (non-hydrogen) atoms. The van der Waals surface area contributed by atoms with Gasteiger partial charge in [-0.05, 0) is 57.4 Å². The van der Waals surface area contributed by atoms with Crippen LogP contribution in [0.25, 0.3) is 0 Å². The summed E-state index contributed by atoms with van der Waals surface area (Å²) in [5.74, 6) is 0.973. The van der Waals surface area contributed by atoms with Gasteiger partial charge in [-0.1, -0.05) is 12.1 Å². The largest absolute Gasteiger partial charge is 0.493 e. The second-order valence-corrected chi connectivity index (χ2v) is 6.84. The molecule has 0 radical (unpaired) electrons. The highest BCUT2D eigenvalue weighted by Crippen LogP contribution is 2.36. The van der Waals surface area contributed by atoms with Crippen molar-refractivity contribution in [1.29, 1.82) is 0 Å². The first kappa shape index (κ1) is 21.2. The van der Waals surface area contributed by atoms with E-state index in [-0.39, 0.29) is 18.1 Å². The molecule has 0 bridgehead atoms. The van der Waals surface area contributed by atoms with E-state index in [4.69, 9.17) is 9.47 Å². The van der Waals surface area contributed by atoms with Crippen molar-refractivity contribution < 1.29 is 18.8 Å². The summed E-state index contributed by atoms with van der Waals surface area (Å²) in [6.45, 7) is 0.174. The monoisotopic (exact) mass is 474 g/mol. The number of rotatable bonds is 8.